The van der Waals surface area contributed by atoms with E-state index < -0.39 is 0 Å². The summed E-state index contributed by atoms with van der Waals surface area (Å²) in [4.78, 5) is 0. The largest absolute Gasteiger partial charge is 0.455 e. The van der Waals surface area contributed by atoms with Gasteiger partial charge < -0.3 is 8.98 Å². The standard InChI is InChI=1S/C52H31NO/c1-2-14-34(15-3-1)53-46-25-13-12-18-37(46)44-30-32(26-28-47(44)53)49-39-20-7-9-22-41(39)50(42-23-10-8-21-40(42)49)33-27-29-48-45(31-33)51-38-19-6-4-16-35(38)36-17-5-11-24-43(36)52(51)54-48/h1-31H. The van der Waals surface area contributed by atoms with Crippen molar-refractivity contribution in [3.63, 3.8) is 0 Å². The third-order valence-corrected chi connectivity index (χ3v) is 11.5. The predicted octanol–water partition coefficient (Wildman–Crippen LogP) is 14.6. The van der Waals surface area contributed by atoms with E-state index in [2.05, 4.69) is 193 Å². The minimum atomic E-state index is 0.906. The lowest BCUT2D eigenvalue weighted by molar-refractivity contribution is 0.673. The molecule has 2 heteroatoms. The van der Waals surface area contributed by atoms with Crippen LogP contribution in [0.1, 0.15) is 0 Å². The Morgan fingerprint density at radius 1 is 0.315 bits per heavy atom. The van der Waals surface area contributed by atoms with Crippen LogP contribution in [-0.4, -0.2) is 4.57 Å². The summed E-state index contributed by atoms with van der Waals surface area (Å²) in [5, 5.41) is 14.6. The molecule has 10 aromatic carbocycles. The van der Waals surface area contributed by atoms with Crippen LogP contribution in [-0.2, 0) is 0 Å². The van der Waals surface area contributed by atoms with Gasteiger partial charge in [0.2, 0.25) is 0 Å². The lowest BCUT2D eigenvalue weighted by Gasteiger charge is -2.18. The Morgan fingerprint density at radius 3 is 1.43 bits per heavy atom. The minimum Gasteiger partial charge on any atom is -0.455 e. The van der Waals surface area contributed by atoms with Gasteiger partial charge >= 0.3 is 0 Å². The molecule has 0 aliphatic carbocycles. The van der Waals surface area contributed by atoms with E-state index in [-0.39, 0.29) is 0 Å². The fourth-order valence-corrected chi connectivity index (χ4v) is 9.30. The summed E-state index contributed by atoms with van der Waals surface area (Å²) in [6, 6.07) is 68.5. The molecule has 0 aliphatic heterocycles. The van der Waals surface area contributed by atoms with Crippen LogP contribution < -0.4 is 0 Å². The van der Waals surface area contributed by atoms with E-state index in [4.69, 9.17) is 4.42 Å². The van der Waals surface area contributed by atoms with Gasteiger partial charge in [-0.25, -0.2) is 0 Å². The summed E-state index contributed by atoms with van der Waals surface area (Å²) in [6.07, 6.45) is 0. The summed E-state index contributed by atoms with van der Waals surface area (Å²) in [6.45, 7) is 0. The van der Waals surface area contributed by atoms with Crippen molar-refractivity contribution in [1.29, 1.82) is 0 Å². The van der Waals surface area contributed by atoms with Gasteiger partial charge in [0.1, 0.15) is 11.2 Å². The molecule has 0 saturated heterocycles. The minimum absolute atomic E-state index is 0.906. The van der Waals surface area contributed by atoms with Crippen molar-refractivity contribution >= 4 is 86.8 Å². The molecule has 0 amide bonds. The average Bonchev–Trinajstić information content (AvgIpc) is 3.79. The Labute approximate surface area is 310 Å². The SMILES string of the molecule is c1ccc(-n2c3ccccc3c3cc(-c4c5ccccc5c(-c5ccc6oc7c8ccccc8c8ccccc8c7c6c5)c5ccccc45)ccc32)cc1. The van der Waals surface area contributed by atoms with Crippen LogP contribution in [0.15, 0.2) is 192 Å². The number of fused-ring (bicyclic) bond motifs is 13. The summed E-state index contributed by atoms with van der Waals surface area (Å²) in [5.41, 5.74) is 10.3. The van der Waals surface area contributed by atoms with Crippen LogP contribution in [0.25, 0.3) is 115 Å². The number of furan rings is 1. The molecular weight excluding hydrogens is 655 g/mol. The van der Waals surface area contributed by atoms with Crippen molar-refractivity contribution in [3.05, 3.63) is 188 Å². The smallest absolute Gasteiger partial charge is 0.143 e. The molecule has 0 N–H and O–H groups in total. The Kier molecular flexibility index (Phi) is 6.09. The number of rotatable bonds is 3. The van der Waals surface area contributed by atoms with Gasteiger partial charge in [-0.05, 0) is 102 Å². The van der Waals surface area contributed by atoms with E-state index in [0.717, 1.165) is 21.9 Å². The topological polar surface area (TPSA) is 18.1 Å². The molecule has 2 nitrogen and oxygen atoms in total. The zero-order valence-electron chi connectivity index (χ0n) is 29.3. The molecule has 250 valence electrons. The number of aromatic nitrogens is 1. The van der Waals surface area contributed by atoms with Gasteiger partial charge in [-0.3, -0.25) is 0 Å². The fraction of sp³-hybridized carbons (Fsp3) is 0. The summed E-state index contributed by atoms with van der Waals surface area (Å²) >= 11 is 0. The van der Waals surface area contributed by atoms with Gasteiger partial charge in [-0.1, -0.05) is 146 Å². The van der Waals surface area contributed by atoms with Crippen molar-refractivity contribution in [1.82, 2.24) is 4.57 Å². The molecule has 0 aliphatic rings. The van der Waals surface area contributed by atoms with E-state index in [0.29, 0.717) is 0 Å². The molecule has 0 unspecified atom stereocenters. The highest BCUT2D eigenvalue weighted by Crippen LogP contribution is 2.47. The van der Waals surface area contributed by atoms with E-state index >= 15 is 0 Å². The van der Waals surface area contributed by atoms with Crippen LogP contribution in [0.5, 0.6) is 0 Å². The monoisotopic (exact) mass is 685 g/mol. The lowest BCUT2D eigenvalue weighted by atomic mass is 9.85. The number of benzene rings is 10. The van der Waals surface area contributed by atoms with Crippen LogP contribution in [0.4, 0.5) is 0 Å². The van der Waals surface area contributed by atoms with Crippen LogP contribution in [0, 0.1) is 0 Å². The highest BCUT2D eigenvalue weighted by Gasteiger charge is 2.21. The average molecular weight is 686 g/mol. The summed E-state index contributed by atoms with van der Waals surface area (Å²) < 4.78 is 9.09. The maximum atomic E-state index is 6.71. The lowest BCUT2D eigenvalue weighted by Crippen LogP contribution is -1.93. The molecule has 0 fully saturated rings. The molecule has 0 bridgehead atoms. The number of nitrogens with zero attached hydrogens (tertiary/aromatic N) is 1. The van der Waals surface area contributed by atoms with Crippen molar-refractivity contribution in [2.45, 2.75) is 0 Å². The van der Waals surface area contributed by atoms with Crippen molar-refractivity contribution in [2.24, 2.45) is 0 Å². The quantitative estimate of drug-likeness (QED) is 0.134. The van der Waals surface area contributed by atoms with Gasteiger partial charge in [0, 0.05) is 32.6 Å². The van der Waals surface area contributed by atoms with E-state index in [1.54, 1.807) is 0 Å². The molecular formula is C52H31NO. The molecule has 2 aromatic heterocycles. The first-order valence-electron chi connectivity index (χ1n) is 18.6. The van der Waals surface area contributed by atoms with Gasteiger partial charge in [0.25, 0.3) is 0 Å². The Hall–Kier alpha value is -7.16. The van der Waals surface area contributed by atoms with Crippen molar-refractivity contribution in [2.75, 3.05) is 0 Å². The maximum absolute atomic E-state index is 6.71. The first kappa shape index (κ1) is 29.4. The van der Waals surface area contributed by atoms with Crippen LogP contribution >= 0.6 is 0 Å². The molecule has 2 heterocycles. The van der Waals surface area contributed by atoms with Gasteiger partial charge in [0.05, 0.1) is 11.0 Å². The highest BCUT2D eigenvalue weighted by atomic mass is 16.3. The molecule has 0 radical (unpaired) electrons. The molecule has 0 atom stereocenters. The summed E-state index contributed by atoms with van der Waals surface area (Å²) in [5.74, 6) is 0. The van der Waals surface area contributed by atoms with E-state index in [9.17, 15) is 0 Å². The molecule has 0 spiro atoms. The van der Waals surface area contributed by atoms with Gasteiger partial charge in [0.15, 0.2) is 0 Å². The first-order valence-corrected chi connectivity index (χ1v) is 18.6. The number of hydrogen-bond acceptors (Lipinski definition) is 1. The highest BCUT2D eigenvalue weighted by molar-refractivity contribution is 6.31. The van der Waals surface area contributed by atoms with Gasteiger partial charge in [-0.15, -0.1) is 0 Å². The number of para-hydroxylation sites is 2. The second-order valence-corrected chi connectivity index (χ2v) is 14.4. The van der Waals surface area contributed by atoms with Crippen LogP contribution in [0.3, 0.4) is 0 Å². The predicted molar refractivity (Wildman–Crippen MR) is 229 cm³/mol. The normalized spacial score (nSPS) is 12.1. The second kappa shape index (κ2) is 11.2. The fourth-order valence-electron chi connectivity index (χ4n) is 9.30. The number of hydrogen-bond donors (Lipinski definition) is 0. The maximum Gasteiger partial charge on any atom is 0.143 e. The van der Waals surface area contributed by atoms with Gasteiger partial charge in [-0.2, -0.15) is 0 Å². The van der Waals surface area contributed by atoms with Crippen molar-refractivity contribution in [3.8, 4) is 27.9 Å². The van der Waals surface area contributed by atoms with Crippen molar-refractivity contribution < 1.29 is 4.42 Å². The Morgan fingerprint density at radius 2 is 0.778 bits per heavy atom. The van der Waals surface area contributed by atoms with E-state index in [1.165, 1.54) is 92.8 Å². The third kappa shape index (κ3) is 4.05. The Bertz CT molecular complexity index is 3440. The van der Waals surface area contributed by atoms with E-state index in [1.807, 2.05) is 0 Å². The summed E-state index contributed by atoms with van der Waals surface area (Å²) in [7, 11) is 0. The molecule has 0 saturated carbocycles. The molecule has 12 aromatic rings. The Balaban J connectivity index is 1.14. The second-order valence-electron chi connectivity index (χ2n) is 14.4. The zero-order valence-corrected chi connectivity index (χ0v) is 29.3. The van der Waals surface area contributed by atoms with Crippen LogP contribution in [0.2, 0.25) is 0 Å². The first-order chi connectivity index (χ1) is 26.8. The molecule has 54 heavy (non-hydrogen) atoms. The third-order valence-electron chi connectivity index (χ3n) is 11.5. The zero-order chi connectivity index (χ0) is 35.3. The molecule has 12 rings (SSSR count).